The molecule has 2 atom stereocenters. The highest BCUT2D eigenvalue weighted by molar-refractivity contribution is 7.14. The summed E-state index contributed by atoms with van der Waals surface area (Å²) in [5.41, 5.74) is 2.70. The largest absolute Gasteiger partial charge is 0.466 e. The molecule has 6 rings (SSSR count). The SMILES string of the molecule is CCOC(=O)Cc1csc(NC(=O)C(CC2CCCC2)c2ccc(Cl)cc2)n1.CCOC(=O)c1csc(NC(=O)C(CC2CCCC2)c2cccc(Cl)c2)n1. The summed E-state index contributed by atoms with van der Waals surface area (Å²) in [6.45, 7) is 4.14. The lowest BCUT2D eigenvalue weighted by molar-refractivity contribution is -0.142. The Bertz CT molecular complexity index is 1870. The maximum Gasteiger partial charge on any atom is 0.357 e. The van der Waals surface area contributed by atoms with Gasteiger partial charge in [0.1, 0.15) is 0 Å². The third kappa shape index (κ3) is 13.1. The summed E-state index contributed by atoms with van der Waals surface area (Å²) >= 11 is 14.7. The quantitative estimate of drug-likeness (QED) is 0.113. The number of esters is 2. The van der Waals surface area contributed by atoms with E-state index in [1.165, 1.54) is 61.2 Å². The number of hydrogen-bond donors (Lipinski definition) is 2. The second-order valence-electron chi connectivity index (χ2n) is 13.8. The Kier molecular flexibility index (Phi) is 16.5. The van der Waals surface area contributed by atoms with Crippen molar-refractivity contribution in [1.29, 1.82) is 0 Å². The van der Waals surface area contributed by atoms with E-state index in [2.05, 4.69) is 20.6 Å². The lowest BCUT2D eigenvalue weighted by Crippen LogP contribution is -2.23. The van der Waals surface area contributed by atoms with Crippen molar-refractivity contribution in [3.63, 3.8) is 0 Å². The van der Waals surface area contributed by atoms with E-state index in [1.807, 2.05) is 48.5 Å². The van der Waals surface area contributed by atoms with Crippen LogP contribution in [0.2, 0.25) is 10.0 Å². The number of ether oxygens (including phenoxy) is 2. The van der Waals surface area contributed by atoms with Gasteiger partial charge in [0.05, 0.1) is 37.2 Å². The molecular weight excluding hydrogens is 780 g/mol. The average Bonchev–Trinajstić information content (AvgIpc) is 4.01. The van der Waals surface area contributed by atoms with Crippen molar-refractivity contribution in [1.82, 2.24) is 9.97 Å². The van der Waals surface area contributed by atoms with Crippen molar-refractivity contribution in [3.8, 4) is 0 Å². The van der Waals surface area contributed by atoms with Crippen molar-refractivity contribution >= 4 is 79.9 Å². The summed E-state index contributed by atoms with van der Waals surface area (Å²) in [5.74, 6) is -0.384. The molecule has 2 unspecified atom stereocenters. The lowest BCUT2D eigenvalue weighted by Gasteiger charge is -2.20. The summed E-state index contributed by atoms with van der Waals surface area (Å²) in [6.07, 6.45) is 11.3. The zero-order valence-corrected chi connectivity index (χ0v) is 34.3. The van der Waals surface area contributed by atoms with E-state index in [0.717, 1.165) is 36.8 Å². The number of hydrogen-bond acceptors (Lipinski definition) is 10. The van der Waals surface area contributed by atoms with E-state index in [4.69, 9.17) is 32.7 Å². The second kappa shape index (κ2) is 21.5. The van der Waals surface area contributed by atoms with Crippen molar-refractivity contribution in [3.05, 3.63) is 91.9 Å². The van der Waals surface area contributed by atoms with Crippen LogP contribution >= 0.6 is 45.9 Å². The summed E-state index contributed by atoms with van der Waals surface area (Å²) < 4.78 is 9.89. The van der Waals surface area contributed by atoms with Gasteiger partial charge in [0, 0.05) is 20.8 Å². The average molecular weight is 828 g/mol. The Morgan fingerprint density at radius 3 is 1.87 bits per heavy atom. The van der Waals surface area contributed by atoms with Crippen LogP contribution in [0.25, 0.3) is 0 Å². The monoisotopic (exact) mass is 826 g/mol. The van der Waals surface area contributed by atoms with Crippen LogP contribution in [0.15, 0.2) is 59.3 Å². The Balaban J connectivity index is 0.000000211. The van der Waals surface area contributed by atoms with Gasteiger partial charge in [-0.3, -0.25) is 14.4 Å². The molecule has 2 amide bonds. The second-order valence-corrected chi connectivity index (χ2v) is 16.4. The first-order valence-electron chi connectivity index (χ1n) is 19.0. The van der Waals surface area contributed by atoms with Crippen LogP contribution in [0.3, 0.4) is 0 Å². The van der Waals surface area contributed by atoms with Gasteiger partial charge in [0.2, 0.25) is 11.8 Å². The molecular formula is C41H48Cl2N4O6S2. The van der Waals surface area contributed by atoms with Crippen LogP contribution in [0, 0.1) is 11.8 Å². The topological polar surface area (TPSA) is 137 Å². The fourth-order valence-corrected chi connectivity index (χ4v) is 8.91. The summed E-state index contributed by atoms with van der Waals surface area (Å²) in [4.78, 5) is 58.0. The van der Waals surface area contributed by atoms with Gasteiger partial charge in [-0.2, -0.15) is 0 Å². The molecule has 2 saturated carbocycles. The molecule has 14 heteroatoms. The van der Waals surface area contributed by atoms with Gasteiger partial charge in [0.25, 0.3) is 0 Å². The van der Waals surface area contributed by atoms with E-state index in [0.29, 0.717) is 44.4 Å². The molecule has 0 spiro atoms. The molecule has 2 heterocycles. The van der Waals surface area contributed by atoms with Crippen LogP contribution in [0.1, 0.15) is 117 Å². The van der Waals surface area contributed by atoms with Crippen LogP contribution < -0.4 is 10.6 Å². The number of nitrogens with zero attached hydrogens (tertiary/aromatic N) is 2. The van der Waals surface area contributed by atoms with Gasteiger partial charge in [-0.05, 0) is 73.9 Å². The maximum atomic E-state index is 13.1. The van der Waals surface area contributed by atoms with Gasteiger partial charge in [0.15, 0.2) is 16.0 Å². The lowest BCUT2D eigenvalue weighted by atomic mass is 9.87. The van der Waals surface area contributed by atoms with E-state index in [9.17, 15) is 19.2 Å². The van der Waals surface area contributed by atoms with Gasteiger partial charge in [-0.25, -0.2) is 14.8 Å². The number of halogens is 2. The number of rotatable bonds is 15. The third-order valence-corrected chi connectivity index (χ3v) is 11.9. The minimum absolute atomic E-state index is 0.0637. The summed E-state index contributed by atoms with van der Waals surface area (Å²) in [7, 11) is 0. The van der Waals surface area contributed by atoms with Crippen molar-refractivity contribution in [2.75, 3.05) is 23.8 Å². The first-order valence-corrected chi connectivity index (χ1v) is 21.5. The minimum Gasteiger partial charge on any atom is -0.466 e. The molecule has 55 heavy (non-hydrogen) atoms. The Morgan fingerprint density at radius 2 is 1.29 bits per heavy atom. The first kappa shape index (κ1) is 42.3. The molecule has 0 radical (unpaired) electrons. The molecule has 2 aliphatic rings. The Morgan fingerprint density at radius 1 is 0.727 bits per heavy atom. The van der Waals surface area contributed by atoms with Crippen LogP contribution in [-0.4, -0.2) is 46.9 Å². The van der Waals surface area contributed by atoms with Gasteiger partial charge in [-0.15, -0.1) is 22.7 Å². The number of carbonyl (C=O) groups excluding carboxylic acids is 4. The Hall–Kier alpha value is -3.84. The summed E-state index contributed by atoms with van der Waals surface area (Å²) in [5, 5.41) is 11.4. The highest BCUT2D eigenvalue weighted by Gasteiger charge is 2.29. The molecule has 4 aromatic rings. The molecule has 0 aliphatic heterocycles. The number of anilines is 2. The van der Waals surface area contributed by atoms with Crippen molar-refractivity contribution in [2.24, 2.45) is 11.8 Å². The zero-order chi connectivity index (χ0) is 39.2. The minimum atomic E-state index is -0.480. The number of thiazole rings is 2. The fourth-order valence-electron chi connectivity index (χ4n) is 7.19. The van der Waals surface area contributed by atoms with Crippen LogP contribution in [-0.2, 0) is 30.3 Å². The van der Waals surface area contributed by atoms with E-state index in [1.54, 1.807) is 24.6 Å². The molecule has 294 valence electrons. The number of carbonyl (C=O) groups is 4. The maximum absolute atomic E-state index is 13.1. The highest BCUT2D eigenvalue weighted by Crippen LogP contribution is 2.37. The van der Waals surface area contributed by atoms with Crippen molar-refractivity contribution in [2.45, 2.75) is 96.3 Å². The number of benzene rings is 2. The number of aromatic nitrogens is 2. The molecule has 2 fully saturated rings. The van der Waals surface area contributed by atoms with E-state index >= 15 is 0 Å². The normalized spacial score (nSPS) is 15.4. The summed E-state index contributed by atoms with van der Waals surface area (Å²) in [6, 6.07) is 15.0. The fraction of sp³-hybridized carbons (Fsp3) is 0.463. The predicted octanol–water partition coefficient (Wildman–Crippen LogP) is 10.5. The molecule has 2 aromatic heterocycles. The standard InChI is InChI=1S/C21H25ClN2O3S.C20H23ClN2O3S/c1-2-27-19(25)12-17-13-28-21(23-17)24-20(26)18(11-14-5-3-4-6-14)15-7-9-16(22)10-8-15;1-2-26-19(25)17-12-27-20(22-17)23-18(24)16(10-13-6-3-4-7-13)14-8-5-9-15(21)11-14/h7-10,13-14,18H,2-6,11-12H2,1H3,(H,23,24,26);5,8-9,11-13,16H,2-4,6-7,10H2,1H3,(H,22,23,24). The molecule has 10 nitrogen and oxygen atoms in total. The van der Waals surface area contributed by atoms with E-state index < -0.39 is 5.97 Å². The smallest absolute Gasteiger partial charge is 0.357 e. The predicted molar refractivity (Wildman–Crippen MR) is 219 cm³/mol. The number of nitrogens with one attached hydrogen (secondary N) is 2. The van der Waals surface area contributed by atoms with Crippen LogP contribution in [0.5, 0.6) is 0 Å². The third-order valence-electron chi connectivity index (χ3n) is 9.88. The molecule has 2 N–H and O–H groups in total. The molecule has 2 aromatic carbocycles. The van der Waals surface area contributed by atoms with Gasteiger partial charge >= 0.3 is 11.9 Å². The van der Waals surface area contributed by atoms with Crippen LogP contribution in [0.4, 0.5) is 10.3 Å². The highest BCUT2D eigenvalue weighted by atomic mass is 35.5. The van der Waals surface area contributed by atoms with E-state index in [-0.39, 0.29) is 48.3 Å². The molecule has 0 saturated heterocycles. The molecule has 0 bridgehead atoms. The Labute approximate surface area is 340 Å². The first-order chi connectivity index (χ1) is 26.6. The molecule has 2 aliphatic carbocycles. The van der Waals surface area contributed by atoms with Crippen molar-refractivity contribution < 1.29 is 28.7 Å². The van der Waals surface area contributed by atoms with Gasteiger partial charge < -0.3 is 20.1 Å². The van der Waals surface area contributed by atoms with Gasteiger partial charge in [-0.1, -0.05) is 98.8 Å². The zero-order valence-electron chi connectivity index (χ0n) is 31.2. The number of amides is 2.